The van der Waals surface area contributed by atoms with Crippen LogP contribution in [0.1, 0.15) is 12.6 Å². The van der Waals surface area contributed by atoms with Gasteiger partial charge in [-0.1, -0.05) is 6.07 Å². The number of likely N-dealkylation sites (tertiary alicyclic amines) is 1. The molecule has 2 aliphatic heterocycles. The van der Waals surface area contributed by atoms with E-state index in [1.807, 2.05) is 7.05 Å². The molecule has 1 aromatic carbocycles. The summed E-state index contributed by atoms with van der Waals surface area (Å²) in [5.74, 6) is -3.97. The van der Waals surface area contributed by atoms with Gasteiger partial charge in [0.15, 0.2) is 11.6 Å². The van der Waals surface area contributed by atoms with Crippen molar-refractivity contribution in [3.8, 4) is 17.2 Å². The van der Waals surface area contributed by atoms with Crippen LogP contribution in [0.4, 0.5) is 23.7 Å². The Balaban J connectivity index is 1.40. The number of amides is 2. The largest absolute Gasteiger partial charge is 0.442 e. The Morgan fingerprint density at radius 2 is 1.97 bits per heavy atom. The van der Waals surface area contributed by atoms with E-state index in [4.69, 9.17) is 4.74 Å². The van der Waals surface area contributed by atoms with E-state index >= 15 is 8.78 Å². The fourth-order valence-electron chi connectivity index (χ4n) is 5.34. The van der Waals surface area contributed by atoms with E-state index in [0.29, 0.717) is 5.69 Å². The molecule has 3 aliphatic rings. The first-order chi connectivity index (χ1) is 16.7. The predicted octanol–water partition coefficient (Wildman–Crippen LogP) is 2.58. The smallest absolute Gasteiger partial charge is 0.414 e. The Morgan fingerprint density at radius 1 is 1.26 bits per heavy atom. The van der Waals surface area contributed by atoms with Crippen LogP contribution in [0.5, 0.6) is 0 Å². The number of hydrogen-bond donors (Lipinski definition) is 1. The van der Waals surface area contributed by atoms with Gasteiger partial charge in [-0.15, -0.1) is 0 Å². The van der Waals surface area contributed by atoms with Crippen LogP contribution in [0.2, 0.25) is 0 Å². The zero-order valence-electron chi connectivity index (χ0n) is 19.0. The van der Waals surface area contributed by atoms with Crippen molar-refractivity contribution in [2.24, 2.45) is 11.8 Å². The maximum absolute atomic E-state index is 15.0. The molecular formula is C24H22F3N5O3. The third-order valence-electron chi connectivity index (χ3n) is 7.11. The Hall–Kier alpha value is -3.65. The number of hydrogen-bond acceptors (Lipinski definition) is 6. The summed E-state index contributed by atoms with van der Waals surface area (Å²) in [6.07, 6.45) is -0.526. The minimum absolute atomic E-state index is 0.0115. The molecule has 1 unspecified atom stereocenters. The second-order valence-electron chi connectivity index (χ2n) is 9.28. The van der Waals surface area contributed by atoms with Gasteiger partial charge in [0, 0.05) is 49.7 Å². The number of anilines is 1. The number of rotatable bonds is 5. The number of pyridine rings is 1. The van der Waals surface area contributed by atoms with E-state index in [2.05, 4.69) is 21.3 Å². The van der Waals surface area contributed by atoms with Gasteiger partial charge in [0.2, 0.25) is 5.91 Å². The van der Waals surface area contributed by atoms with Crippen LogP contribution in [0.3, 0.4) is 0 Å². The monoisotopic (exact) mass is 485 g/mol. The van der Waals surface area contributed by atoms with Crippen molar-refractivity contribution in [1.29, 1.82) is 5.26 Å². The van der Waals surface area contributed by atoms with Crippen LogP contribution in [0, 0.1) is 40.6 Å². The number of piperidine rings is 1. The average molecular weight is 485 g/mol. The first kappa shape index (κ1) is 23.1. The van der Waals surface area contributed by atoms with Gasteiger partial charge in [0.25, 0.3) is 0 Å². The molecule has 35 heavy (non-hydrogen) atoms. The van der Waals surface area contributed by atoms with E-state index in [-0.39, 0.29) is 36.4 Å². The molecule has 2 aromatic rings. The number of cyclic esters (lactones) is 1. The first-order valence-electron chi connectivity index (χ1n) is 11.1. The molecule has 4 atom stereocenters. The Kier molecular flexibility index (Phi) is 5.44. The van der Waals surface area contributed by atoms with E-state index in [1.165, 1.54) is 19.2 Å². The normalized spacial score (nSPS) is 27.4. The lowest BCUT2D eigenvalue weighted by Gasteiger charge is -2.19. The Bertz CT molecular complexity index is 1250. The number of fused-ring (bicyclic) bond motifs is 1. The molecule has 182 valence electrons. The molecule has 1 N–H and O–H groups in total. The van der Waals surface area contributed by atoms with Crippen LogP contribution < -0.4 is 10.2 Å². The maximum Gasteiger partial charge on any atom is 0.414 e. The summed E-state index contributed by atoms with van der Waals surface area (Å²) < 4.78 is 50.1. The number of benzene rings is 1. The summed E-state index contributed by atoms with van der Waals surface area (Å²) in [5, 5.41) is 12.3. The molecule has 0 radical (unpaired) electrons. The van der Waals surface area contributed by atoms with Crippen LogP contribution in [0.25, 0.3) is 11.1 Å². The number of ether oxygens (including phenoxy) is 1. The number of nitrogens with zero attached hydrogens (tertiary/aromatic N) is 4. The van der Waals surface area contributed by atoms with Crippen LogP contribution >= 0.6 is 0 Å². The quantitative estimate of drug-likeness (QED) is 0.654. The summed E-state index contributed by atoms with van der Waals surface area (Å²) in [7, 11) is 1.99. The van der Waals surface area contributed by atoms with E-state index < -0.39 is 46.3 Å². The van der Waals surface area contributed by atoms with Gasteiger partial charge < -0.3 is 15.0 Å². The highest BCUT2D eigenvalue weighted by Crippen LogP contribution is 2.62. The fraction of sp³-hybridized carbons (Fsp3) is 0.417. The van der Waals surface area contributed by atoms with Crippen molar-refractivity contribution in [1.82, 2.24) is 15.2 Å². The lowest BCUT2D eigenvalue weighted by Crippen LogP contribution is -2.33. The number of aromatic nitrogens is 1. The number of carbonyl (C=O) groups excluding carboxylic acids is 2. The molecule has 3 heterocycles. The lowest BCUT2D eigenvalue weighted by atomic mass is 9.95. The zero-order valence-corrected chi connectivity index (χ0v) is 19.0. The molecule has 1 aromatic heterocycles. The molecule has 2 amide bonds. The minimum Gasteiger partial charge on any atom is -0.442 e. The van der Waals surface area contributed by atoms with Crippen molar-refractivity contribution in [2.75, 3.05) is 38.1 Å². The second kappa shape index (κ2) is 8.23. The van der Waals surface area contributed by atoms with Crippen molar-refractivity contribution in [2.45, 2.75) is 18.4 Å². The van der Waals surface area contributed by atoms with Crippen molar-refractivity contribution in [3.05, 3.63) is 47.5 Å². The Labute approximate surface area is 199 Å². The summed E-state index contributed by atoms with van der Waals surface area (Å²) >= 11 is 0. The van der Waals surface area contributed by atoms with E-state index in [9.17, 15) is 19.2 Å². The molecule has 8 nitrogen and oxygen atoms in total. The summed E-state index contributed by atoms with van der Waals surface area (Å²) in [6, 6.07) is 6.10. The van der Waals surface area contributed by atoms with E-state index in [1.54, 1.807) is 6.07 Å². The summed E-state index contributed by atoms with van der Waals surface area (Å²) in [4.78, 5) is 30.5. The average Bonchev–Trinajstić information content (AvgIpc) is 3.08. The molecule has 1 saturated carbocycles. The van der Waals surface area contributed by atoms with Crippen molar-refractivity contribution < 1.29 is 27.5 Å². The first-order valence-corrected chi connectivity index (χ1v) is 11.1. The summed E-state index contributed by atoms with van der Waals surface area (Å²) in [5.41, 5.74) is -1.37. The lowest BCUT2D eigenvalue weighted by molar-refractivity contribution is -0.119. The highest BCUT2D eigenvalue weighted by atomic mass is 19.2. The van der Waals surface area contributed by atoms with Crippen LogP contribution in [-0.4, -0.2) is 61.2 Å². The summed E-state index contributed by atoms with van der Waals surface area (Å²) in [6.45, 7) is 2.65. The molecule has 11 heteroatoms. The van der Waals surface area contributed by atoms with E-state index in [0.717, 1.165) is 24.1 Å². The maximum atomic E-state index is 15.0. The van der Waals surface area contributed by atoms with Crippen LogP contribution in [0.15, 0.2) is 24.4 Å². The molecule has 1 aliphatic carbocycles. The van der Waals surface area contributed by atoms with Gasteiger partial charge in [-0.05, 0) is 13.1 Å². The SMILES string of the molecule is CC(=O)NC[C@H]1CN(c2cc(F)c(-c3ccc(C4(C#N)[C@@H]5CN(C)C[C@@H]54)nc3)c(F)c2F)C(=O)O1. The van der Waals surface area contributed by atoms with Crippen LogP contribution in [-0.2, 0) is 14.9 Å². The van der Waals surface area contributed by atoms with Crippen molar-refractivity contribution in [3.63, 3.8) is 0 Å². The molecule has 0 bridgehead atoms. The van der Waals surface area contributed by atoms with Gasteiger partial charge in [-0.25, -0.2) is 18.0 Å². The third-order valence-corrected chi connectivity index (χ3v) is 7.11. The van der Waals surface area contributed by atoms with Gasteiger partial charge in [0.1, 0.15) is 17.3 Å². The Morgan fingerprint density at radius 3 is 2.57 bits per heavy atom. The number of halogens is 3. The molecular weight excluding hydrogens is 463 g/mol. The molecule has 2 saturated heterocycles. The predicted molar refractivity (Wildman–Crippen MR) is 118 cm³/mol. The van der Waals surface area contributed by atoms with Gasteiger partial charge in [-0.3, -0.25) is 14.7 Å². The molecule has 3 fully saturated rings. The number of nitriles is 1. The van der Waals surface area contributed by atoms with Crippen molar-refractivity contribution >= 4 is 17.7 Å². The zero-order chi connectivity index (χ0) is 25.1. The molecule has 5 rings (SSSR count). The number of nitrogens with one attached hydrogen (secondary N) is 1. The highest BCUT2D eigenvalue weighted by Gasteiger charge is 2.70. The topological polar surface area (TPSA) is 98.6 Å². The molecule has 0 spiro atoms. The number of carbonyl (C=O) groups is 2. The standard InChI is InChI=1S/C24H22F3N5O3/c1-12(33)29-7-14-8-32(23(34)35-14)18-5-17(25)20(22(27)21(18)26)13-3-4-19(30-6-13)24(11-28)15-9-31(2)10-16(15)24/h3-6,14-16H,7-10H2,1-2H3,(H,29,33)/t14-,15-,16+,24?/m0/s1. The minimum atomic E-state index is -1.47. The second-order valence-corrected chi connectivity index (χ2v) is 9.28. The van der Waals surface area contributed by atoms with Gasteiger partial charge in [-0.2, -0.15) is 5.26 Å². The third kappa shape index (κ3) is 3.60. The van der Waals surface area contributed by atoms with Gasteiger partial charge in [0.05, 0.1) is 36.1 Å². The van der Waals surface area contributed by atoms with Gasteiger partial charge >= 0.3 is 6.09 Å². The fourth-order valence-corrected chi connectivity index (χ4v) is 5.34. The highest BCUT2D eigenvalue weighted by molar-refractivity contribution is 5.90.